The van der Waals surface area contributed by atoms with Gasteiger partial charge in [-0.25, -0.2) is 4.98 Å². The third-order valence-corrected chi connectivity index (χ3v) is 2.78. The second-order valence-electron chi connectivity index (χ2n) is 5.24. The van der Waals surface area contributed by atoms with Gasteiger partial charge in [-0.3, -0.25) is 0 Å². The van der Waals surface area contributed by atoms with Crippen LogP contribution in [0.4, 0.5) is 0 Å². The number of hydrogen-bond donors (Lipinski definition) is 0. The van der Waals surface area contributed by atoms with Crippen molar-refractivity contribution >= 4 is 0 Å². The molecule has 2 rings (SSSR count). The summed E-state index contributed by atoms with van der Waals surface area (Å²) in [6.07, 6.45) is 3.03. The molecule has 1 atom stereocenters. The largest absolute Gasteiger partial charge is 0.472 e. The molecule has 0 radical (unpaired) electrons. The Balaban J connectivity index is 2.01. The normalized spacial score (nSPS) is 21.1. The summed E-state index contributed by atoms with van der Waals surface area (Å²) in [5, 5.41) is 0. The summed E-state index contributed by atoms with van der Waals surface area (Å²) in [7, 11) is 0. The van der Waals surface area contributed by atoms with E-state index in [0.717, 1.165) is 13.0 Å². The van der Waals surface area contributed by atoms with E-state index in [-0.39, 0.29) is 11.5 Å². The van der Waals surface area contributed by atoms with Gasteiger partial charge in [0.1, 0.15) is 6.10 Å². The lowest BCUT2D eigenvalue weighted by molar-refractivity contribution is 0.138. The van der Waals surface area contributed by atoms with Gasteiger partial charge < -0.3 is 9.47 Å². The Bertz CT molecular complexity index is 334. The second-order valence-corrected chi connectivity index (χ2v) is 5.24. The Morgan fingerprint density at radius 1 is 1.38 bits per heavy atom. The summed E-state index contributed by atoms with van der Waals surface area (Å²) in [6, 6.07) is 4.02. The third kappa shape index (κ3) is 2.73. The average molecular weight is 221 g/mol. The minimum atomic E-state index is 0.141. The van der Waals surface area contributed by atoms with Crippen molar-refractivity contribution in [3.63, 3.8) is 0 Å². The first kappa shape index (κ1) is 11.4. The van der Waals surface area contributed by atoms with E-state index in [0.29, 0.717) is 12.5 Å². The fourth-order valence-electron chi connectivity index (χ4n) is 1.67. The van der Waals surface area contributed by atoms with Crippen molar-refractivity contribution in [2.75, 3.05) is 13.2 Å². The van der Waals surface area contributed by atoms with E-state index in [1.54, 1.807) is 0 Å². The molecule has 0 saturated carbocycles. The number of hydrogen-bond acceptors (Lipinski definition) is 3. The number of rotatable bonds is 2. The third-order valence-electron chi connectivity index (χ3n) is 2.78. The van der Waals surface area contributed by atoms with Crippen LogP contribution in [0.1, 0.15) is 32.8 Å². The highest BCUT2D eigenvalue weighted by molar-refractivity contribution is 5.23. The van der Waals surface area contributed by atoms with Crippen LogP contribution >= 0.6 is 0 Å². The predicted octanol–water partition coefficient (Wildman–Crippen LogP) is 2.55. The van der Waals surface area contributed by atoms with Gasteiger partial charge in [0.15, 0.2) is 0 Å². The molecule has 2 heterocycles. The number of nitrogens with zero attached hydrogens (tertiary/aromatic N) is 1. The summed E-state index contributed by atoms with van der Waals surface area (Å²) >= 11 is 0. The van der Waals surface area contributed by atoms with Crippen LogP contribution in [0.2, 0.25) is 0 Å². The minimum Gasteiger partial charge on any atom is -0.472 e. The second kappa shape index (κ2) is 4.42. The van der Waals surface area contributed by atoms with Crippen LogP contribution in [0.3, 0.4) is 0 Å². The van der Waals surface area contributed by atoms with E-state index in [9.17, 15) is 0 Å². The number of pyridine rings is 1. The molecule has 0 amide bonds. The zero-order chi connectivity index (χ0) is 11.6. The van der Waals surface area contributed by atoms with Crippen molar-refractivity contribution in [1.82, 2.24) is 4.98 Å². The minimum absolute atomic E-state index is 0.141. The molecule has 0 spiro atoms. The molecule has 0 N–H and O–H groups in total. The zero-order valence-electron chi connectivity index (χ0n) is 10.2. The van der Waals surface area contributed by atoms with Gasteiger partial charge >= 0.3 is 0 Å². The number of ether oxygens (including phenoxy) is 2. The Labute approximate surface area is 96.8 Å². The highest BCUT2D eigenvalue weighted by Crippen LogP contribution is 2.23. The van der Waals surface area contributed by atoms with Crippen LogP contribution in [0, 0.1) is 0 Å². The number of aromatic nitrogens is 1. The van der Waals surface area contributed by atoms with Crippen molar-refractivity contribution in [2.24, 2.45) is 0 Å². The molecule has 3 heteroatoms. The Hall–Kier alpha value is -1.09. The van der Waals surface area contributed by atoms with Gasteiger partial charge in [-0.15, -0.1) is 0 Å². The summed E-state index contributed by atoms with van der Waals surface area (Å²) in [5.41, 5.74) is 1.37. The Kier molecular flexibility index (Phi) is 3.15. The monoisotopic (exact) mass is 221 g/mol. The predicted molar refractivity (Wildman–Crippen MR) is 62.8 cm³/mol. The quantitative estimate of drug-likeness (QED) is 0.769. The SMILES string of the molecule is CC(C)(C)c1ccc(OC2CCOC2)nc1. The van der Waals surface area contributed by atoms with E-state index >= 15 is 0 Å². The van der Waals surface area contributed by atoms with E-state index < -0.39 is 0 Å². The fraction of sp³-hybridized carbons (Fsp3) is 0.615. The molecule has 0 aromatic carbocycles. The van der Waals surface area contributed by atoms with Crippen LogP contribution in [-0.2, 0) is 10.2 Å². The van der Waals surface area contributed by atoms with Gasteiger partial charge in [0.05, 0.1) is 13.2 Å². The van der Waals surface area contributed by atoms with Gasteiger partial charge in [0.2, 0.25) is 5.88 Å². The van der Waals surface area contributed by atoms with Gasteiger partial charge in [-0.05, 0) is 11.0 Å². The molecule has 1 fully saturated rings. The lowest BCUT2D eigenvalue weighted by Gasteiger charge is -2.19. The van der Waals surface area contributed by atoms with Crippen molar-refractivity contribution in [3.8, 4) is 5.88 Å². The van der Waals surface area contributed by atoms with Crippen molar-refractivity contribution < 1.29 is 9.47 Å². The summed E-state index contributed by atoms with van der Waals surface area (Å²) in [5.74, 6) is 0.698. The topological polar surface area (TPSA) is 31.4 Å². The van der Waals surface area contributed by atoms with Crippen LogP contribution in [-0.4, -0.2) is 24.3 Å². The highest BCUT2D eigenvalue weighted by atomic mass is 16.5. The van der Waals surface area contributed by atoms with E-state index in [4.69, 9.17) is 9.47 Å². The first-order chi connectivity index (χ1) is 7.55. The van der Waals surface area contributed by atoms with Crippen LogP contribution in [0.5, 0.6) is 5.88 Å². The van der Waals surface area contributed by atoms with E-state index in [1.807, 2.05) is 12.3 Å². The zero-order valence-corrected chi connectivity index (χ0v) is 10.2. The van der Waals surface area contributed by atoms with Crippen LogP contribution < -0.4 is 4.74 Å². The average Bonchev–Trinajstić information content (AvgIpc) is 2.70. The maximum atomic E-state index is 5.71. The molecule has 1 aliphatic rings. The van der Waals surface area contributed by atoms with Crippen LogP contribution in [0.25, 0.3) is 0 Å². The molecule has 88 valence electrons. The highest BCUT2D eigenvalue weighted by Gasteiger charge is 2.18. The van der Waals surface area contributed by atoms with Crippen LogP contribution in [0.15, 0.2) is 18.3 Å². The molecule has 1 aliphatic heterocycles. The standard InChI is InChI=1S/C13H19NO2/c1-13(2,3)10-4-5-12(14-8-10)16-11-6-7-15-9-11/h4-5,8,11H,6-7,9H2,1-3H3. The summed E-state index contributed by atoms with van der Waals surface area (Å²) in [6.45, 7) is 8.01. The van der Waals surface area contributed by atoms with Crippen molar-refractivity contribution in [2.45, 2.75) is 38.7 Å². The molecule has 1 aromatic rings. The smallest absolute Gasteiger partial charge is 0.213 e. The molecule has 0 bridgehead atoms. The summed E-state index contributed by atoms with van der Waals surface area (Å²) < 4.78 is 11.0. The van der Waals surface area contributed by atoms with Gasteiger partial charge in [-0.2, -0.15) is 0 Å². The summed E-state index contributed by atoms with van der Waals surface area (Å²) in [4.78, 5) is 4.33. The maximum Gasteiger partial charge on any atom is 0.213 e. The first-order valence-electron chi connectivity index (χ1n) is 5.76. The lowest BCUT2D eigenvalue weighted by Crippen LogP contribution is -2.17. The van der Waals surface area contributed by atoms with E-state index in [1.165, 1.54) is 5.56 Å². The van der Waals surface area contributed by atoms with Gasteiger partial charge in [0, 0.05) is 18.7 Å². The lowest BCUT2D eigenvalue weighted by atomic mass is 9.88. The molecule has 0 aliphatic carbocycles. The maximum absolute atomic E-state index is 5.71. The fourth-order valence-corrected chi connectivity index (χ4v) is 1.67. The molecule has 3 nitrogen and oxygen atoms in total. The molecule has 1 unspecified atom stereocenters. The van der Waals surface area contributed by atoms with Crippen molar-refractivity contribution in [3.05, 3.63) is 23.9 Å². The van der Waals surface area contributed by atoms with Gasteiger partial charge in [-0.1, -0.05) is 26.8 Å². The Morgan fingerprint density at radius 3 is 2.69 bits per heavy atom. The Morgan fingerprint density at radius 2 is 2.19 bits per heavy atom. The molecular weight excluding hydrogens is 202 g/mol. The van der Waals surface area contributed by atoms with Gasteiger partial charge in [0.25, 0.3) is 0 Å². The van der Waals surface area contributed by atoms with E-state index in [2.05, 4.69) is 31.8 Å². The molecule has 16 heavy (non-hydrogen) atoms. The first-order valence-corrected chi connectivity index (χ1v) is 5.76. The molecular formula is C13H19NO2. The molecule has 1 aromatic heterocycles. The van der Waals surface area contributed by atoms with Crippen molar-refractivity contribution in [1.29, 1.82) is 0 Å². The molecule has 1 saturated heterocycles.